The molecule has 5 rings (SSSR count). The zero-order valence-corrected chi connectivity index (χ0v) is 15.9. The molecule has 9 heteroatoms. The fraction of sp³-hybridized carbons (Fsp3) is 0.0455. The average Bonchev–Trinajstić information content (AvgIpc) is 3.19. The number of fused-ring (bicyclic) bond motifs is 1. The van der Waals surface area contributed by atoms with Crippen molar-refractivity contribution < 1.29 is 13.2 Å². The van der Waals surface area contributed by atoms with Crippen LogP contribution in [0.4, 0.5) is 13.2 Å². The van der Waals surface area contributed by atoms with Crippen LogP contribution in [-0.4, -0.2) is 29.9 Å². The van der Waals surface area contributed by atoms with Gasteiger partial charge in [0.05, 0.1) is 35.9 Å². The van der Waals surface area contributed by atoms with Gasteiger partial charge in [-0.05, 0) is 36.4 Å². The van der Waals surface area contributed by atoms with Crippen LogP contribution in [0.1, 0.15) is 5.69 Å². The predicted octanol–water partition coefficient (Wildman–Crippen LogP) is 4.37. The molecule has 0 N–H and O–H groups in total. The van der Waals surface area contributed by atoms with Crippen LogP contribution in [0.5, 0.6) is 0 Å². The minimum Gasteiger partial charge on any atom is -0.264 e. The Bertz CT molecular complexity index is 1350. The van der Waals surface area contributed by atoms with Crippen molar-refractivity contribution in [3.63, 3.8) is 0 Å². The predicted molar refractivity (Wildman–Crippen MR) is 106 cm³/mol. The maximum atomic E-state index is 14.0. The van der Waals surface area contributed by atoms with Gasteiger partial charge in [-0.3, -0.25) is 4.68 Å². The zero-order valence-electron chi connectivity index (χ0n) is 15.9. The van der Waals surface area contributed by atoms with E-state index in [2.05, 4.69) is 25.3 Å². The van der Waals surface area contributed by atoms with E-state index in [-0.39, 0.29) is 17.2 Å². The molecule has 2 aliphatic rings. The second-order valence-corrected chi connectivity index (χ2v) is 6.81. The fourth-order valence-corrected chi connectivity index (χ4v) is 3.16. The Morgan fingerprint density at radius 3 is 2.45 bits per heavy atom. The Labute approximate surface area is 174 Å². The molecule has 0 bridgehead atoms. The third kappa shape index (κ3) is 3.73. The van der Waals surface area contributed by atoms with Gasteiger partial charge in [-0.2, -0.15) is 15.3 Å². The summed E-state index contributed by atoms with van der Waals surface area (Å²) in [7, 11) is 0. The molecule has 0 aliphatic carbocycles. The summed E-state index contributed by atoms with van der Waals surface area (Å²) < 4.78 is 42.5. The standard InChI is InChI=1S/C22H13F3N6/c23-14-4-1-3-13(9-14)18-8-7-15(29-30-18)11-31-12-20-19(10-26-31)27-22(28-20)16-5-2-6-17(24)21(16)25/h1-10,12H,11H2. The van der Waals surface area contributed by atoms with Crippen LogP contribution >= 0.6 is 0 Å². The summed E-state index contributed by atoms with van der Waals surface area (Å²) >= 11 is 0. The molecule has 31 heavy (non-hydrogen) atoms. The van der Waals surface area contributed by atoms with E-state index in [1.807, 2.05) is 0 Å². The largest absolute Gasteiger partial charge is 0.264 e. The molecule has 0 saturated carbocycles. The Morgan fingerprint density at radius 1 is 0.806 bits per heavy atom. The number of nitrogens with zero attached hydrogens (tertiary/aromatic N) is 6. The molecule has 1 aromatic heterocycles. The average molecular weight is 418 g/mol. The number of imidazole rings is 1. The molecule has 0 fully saturated rings. The summed E-state index contributed by atoms with van der Waals surface area (Å²) in [5.74, 6) is -2.21. The zero-order chi connectivity index (χ0) is 21.4. The first-order valence-electron chi connectivity index (χ1n) is 9.30. The fourth-order valence-electron chi connectivity index (χ4n) is 3.16. The molecule has 0 radical (unpaired) electrons. The van der Waals surface area contributed by atoms with Gasteiger partial charge in [-0.25, -0.2) is 23.1 Å². The normalized spacial score (nSPS) is 11.2. The number of hydrogen-bond acceptors (Lipinski definition) is 5. The summed E-state index contributed by atoms with van der Waals surface area (Å²) in [6.07, 6.45) is 3.14. The summed E-state index contributed by atoms with van der Waals surface area (Å²) in [6, 6.07) is 13.5. The lowest BCUT2D eigenvalue weighted by Crippen LogP contribution is -2.07. The molecule has 152 valence electrons. The lowest BCUT2D eigenvalue weighted by atomic mass is 10.1. The molecular weight excluding hydrogens is 405 g/mol. The lowest BCUT2D eigenvalue weighted by molar-refractivity contribution is 0.510. The van der Waals surface area contributed by atoms with E-state index < -0.39 is 11.6 Å². The van der Waals surface area contributed by atoms with Crippen LogP contribution in [0.2, 0.25) is 0 Å². The maximum Gasteiger partial charge on any atom is 0.169 e. The molecule has 0 saturated heterocycles. The number of rotatable bonds is 4. The van der Waals surface area contributed by atoms with Crippen molar-refractivity contribution in [1.29, 1.82) is 0 Å². The third-order valence-electron chi connectivity index (χ3n) is 4.67. The molecule has 6 nitrogen and oxygen atoms in total. The SMILES string of the molecule is Fc1cccc(-c2ccc(Cn3cc4nc(-c5cccc(F)c5F)nc-4cn3)nn2)c1. The minimum atomic E-state index is -0.993. The highest BCUT2D eigenvalue weighted by Gasteiger charge is 2.18. The second-order valence-electron chi connectivity index (χ2n) is 6.81. The maximum absolute atomic E-state index is 14.0. The number of hydrogen-bond donors (Lipinski definition) is 0. The molecule has 0 amide bonds. The van der Waals surface area contributed by atoms with Crippen LogP contribution in [0.25, 0.3) is 34.0 Å². The van der Waals surface area contributed by atoms with Crippen molar-refractivity contribution in [2.24, 2.45) is 0 Å². The monoisotopic (exact) mass is 418 g/mol. The molecule has 2 aromatic carbocycles. The topological polar surface area (TPSA) is 69.4 Å². The van der Waals surface area contributed by atoms with Crippen molar-refractivity contribution in [2.75, 3.05) is 0 Å². The molecule has 0 atom stereocenters. The highest BCUT2D eigenvalue weighted by Crippen LogP contribution is 2.27. The Kier molecular flexibility index (Phi) is 4.62. The summed E-state index contributed by atoms with van der Waals surface area (Å²) in [4.78, 5) is 8.53. The first kappa shape index (κ1) is 18.9. The second kappa shape index (κ2) is 7.60. The minimum absolute atomic E-state index is 0.0124. The summed E-state index contributed by atoms with van der Waals surface area (Å²) in [6.45, 7) is 0.308. The molecular formula is C22H13F3N6. The van der Waals surface area contributed by atoms with Crippen LogP contribution in [0, 0.1) is 17.5 Å². The Morgan fingerprint density at radius 2 is 1.65 bits per heavy atom. The van der Waals surface area contributed by atoms with E-state index in [1.54, 1.807) is 35.1 Å². The third-order valence-corrected chi connectivity index (χ3v) is 4.67. The highest BCUT2D eigenvalue weighted by atomic mass is 19.2. The van der Waals surface area contributed by atoms with Crippen molar-refractivity contribution in [1.82, 2.24) is 29.9 Å². The smallest absolute Gasteiger partial charge is 0.169 e. The molecule has 3 heterocycles. The van der Waals surface area contributed by atoms with Gasteiger partial charge in [-0.15, -0.1) is 0 Å². The molecule has 0 spiro atoms. The van der Waals surface area contributed by atoms with Gasteiger partial charge >= 0.3 is 0 Å². The molecule has 0 unspecified atom stereocenters. The first-order chi connectivity index (χ1) is 15.1. The summed E-state index contributed by atoms with van der Waals surface area (Å²) in [5.41, 5.74) is 2.76. The van der Waals surface area contributed by atoms with E-state index >= 15 is 0 Å². The first-order valence-corrected chi connectivity index (χ1v) is 9.30. The summed E-state index contributed by atoms with van der Waals surface area (Å²) in [5, 5.41) is 12.6. The quantitative estimate of drug-likeness (QED) is 0.434. The Hall–Kier alpha value is -4.14. The van der Waals surface area contributed by atoms with E-state index in [4.69, 9.17) is 0 Å². The van der Waals surface area contributed by atoms with Crippen LogP contribution in [-0.2, 0) is 6.54 Å². The van der Waals surface area contributed by atoms with Gasteiger partial charge in [0.25, 0.3) is 0 Å². The van der Waals surface area contributed by atoms with Crippen molar-refractivity contribution in [2.45, 2.75) is 6.54 Å². The van der Waals surface area contributed by atoms with E-state index in [9.17, 15) is 13.2 Å². The number of aromatic nitrogens is 6. The van der Waals surface area contributed by atoms with Crippen LogP contribution in [0.15, 0.2) is 67.0 Å². The van der Waals surface area contributed by atoms with Gasteiger partial charge < -0.3 is 0 Å². The van der Waals surface area contributed by atoms with E-state index in [1.165, 1.54) is 30.5 Å². The van der Waals surface area contributed by atoms with Gasteiger partial charge in [0.15, 0.2) is 17.5 Å². The molecule has 3 aromatic rings. The van der Waals surface area contributed by atoms with Crippen LogP contribution < -0.4 is 0 Å². The van der Waals surface area contributed by atoms with Crippen molar-refractivity contribution in [3.05, 3.63) is 90.1 Å². The van der Waals surface area contributed by atoms with E-state index in [0.717, 1.165) is 6.07 Å². The highest BCUT2D eigenvalue weighted by molar-refractivity contribution is 5.65. The number of halogens is 3. The Balaban J connectivity index is 1.40. The van der Waals surface area contributed by atoms with Crippen molar-refractivity contribution >= 4 is 0 Å². The lowest BCUT2D eigenvalue weighted by Gasteiger charge is -2.06. The van der Waals surface area contributed by atoms with Gasteiger partial charge in [0, 0.05) is 5.56 Å². The van der Waals surface area contributed by atoms with E-state index in [0.29, 0.717) is 34.9 Å². The van der Waals surface area contributed by atoms with Crippen molar-refractivity contribution in [3.8, 4) is 34.0 Å². The van der Waals surface area contributed by atoms with Gasteiger partial charge in [-0.1, -0.05) is 18.2 Å². The van der Waals surface area contributed by atoms with Gasteiger partial charge in [0.1, 0.15) is 17.2 Å². The van der Waals surface area contributed by atoms with Gasteiger partial charge in [0.2, 0.25) is 0 Å². The number of benzene rings is 2. The molecule has 2 aliphatic heterocycles. The van der Waals surface area contributed by atoms with Crippen LogP contribution in [0.3, 0.4) is 0 Å².